The van der Waals surface area contributed by atoms with E-state index in [1.54, 1.807) is 0 Å². The van der Waals surface area contributed by atoms with E-state index in [0.29, 0.717) is 24.4 Å². The molecule has 2 atom stereocenters. The molecule has 0 radical (unpaired) electrons. The predicted molar refractivity (Wildman–Crippen MR) is 73.5 cm³/mol. The predicted octanol–water partition coefficient (Wildman–Crippen LogP) is 1.07. The number of amides is 1. The summed E-state index contributed by atoms with van der Waals surface area (Å²) in [5.41, 5.74) is 0. The van der Waals surface area contributed by atoms with Crippen molar-refractivity contribution in [2.75, 3.05) is 33.2 Å². The number of nitrogens with zero attached hydrogens (tertiary/aromatic N) is 2. The molecule has 1 amide bonds. The molecule has 0 aromatic rings. The molecule has 2 fully saturated rings. The minimum atomic E-state index is 0.335. The summed E-state index contributed by atoms with van der Waals surface area (Å²) in [6.45, 7) is 6.16. The number of hydrogen-bond donors (Lipinski definition) is 1. The van der Waals surface area contributed by atoms with Crippen molar-refractivity contribution < 1.29 is 4.79 Å². The maximum absolute atomic E-state index is 12.0. The third-order valence-electron chi connectivity index (χ3n) is 4.37. The molecule has 0 aromatic heterocycles. The molecule has 0 bridgehead atoms. The molecule has 2 aliphatic heterocycles. The molecule has 1 N–H and O–H groups in total. The zero-order valence-electron chi connectivity index (χ0n) is 11.8. The first kappa shape index (κ1) is 13.8. The van der Waals surface area contributed by atoms with E-state index >= 15 is 0 Å². The summed E-state index contributed by atoms with van der Waals surface area (Å²) >= 11 is 0. The van der Waals surface area contributed by atoms with E-state index in [4.69, 9.17) is 0 Å². The van der Waals surface area contributed by atoms with Crippen LogP contribution in [0.1, 0.15) is 39.0 Å². The highest BCUT2D eigenvalue weighted by Crippen LogP contribution is 2.15. The van der Waals surface area contributed by atoms with E-state index in [9.17, 15) is 4.79 Å². The number of rotatable bonds is 4. The smallest absolute Gasteiger partial charge is 0.223 e. The van der Waals surface area contributed by atoms with Gasteiger partial charge in [0.2, 0.25) is 5.91 Å². The molecule has 2 unspecified atom stereocenters. The van der Waals surface area contributed by atoms with Crippen molar-refractivity contribution in [3.8, 4) is 0 Å². The summed E-state index contributed by atoms with van der Waals surface area (Å²) in [5.74, 6) is 0.335. The summed E-state index contributed by atoms with van der Waals surface area (Å²) in [6.07, 6.45) is 5.52. The van der Waals surface area contributed by atoms with E-state index in [1.807, 2.05) is 4.90 Å². The van der Waals surface area contributed by atoms with Gasteiger partial charge in [0, 0.05) is 44.7 Å². The van der Waals surface area contributed by atoms with Gasteiger partial charge in [0.05, 0.1) is 0 Å². The quantitative estimate of drug-likeness (QED) is 0.814. The Hall–Kier alpha value is -0.610. The Kier molecular flexibility index (Phi) is 5.01. The van der Waals surface area contributed by atoms with Crippen molar-refractivity contribution in [3.63, 3.8) is 0 Å². The monoisotopic (exact) mass is 253 g/mol. The van der Waals surface area contributed by atoms with Crippen LogP contribution in [0.3, 0.4) is 0 Å². The van der Waals surface area contributed by atoms with Crippen LogP contribution in [0, 0.1) is 0 Å². The largest absolute Gasteiger partial charge is 0.343 e. The normalized spacial score (nSPS) is 29.8. The summed E-state index contributed by atoms with van der Waals surface area (Å²) in [5, 5.41) is 3.52. The van der Waals surface area contributed by atoms with Gasteiger partial charge in [-0.15, -0.1) is 0 Å². The van der Waals surface area contributed by atoms with Gasteiger partial charge in [-0.3, -0.25) is 4.79 Å². The fraction of sp³-hybridized carbons (Fsp3) is 0.929. The molecular weight excluding hydrogens is 226 g/mol. The molecular formula is C14H27N3O. The molecule has 4 heteroatoms. The van der Waals surface area contributed by atoms with Gasteiger partial charge in [0.15, 0.2) is 0 Å². The first-order valence-electron chi connectivity index (χ1n) is 7.38. The minimum absolute atomic E-state index is 0.335. The maximum Gasteiger partial charge on any atom is 0.223 e. The zero-order valence-corrected chi connectivity index (χ0v) is 11.8. The highest BCUT2D eigenvalue weighted by atomic mass is 16.2. The number of hydrogen-bond acceptors (Lipinski definition) is 3. The van der Waals surface area contributed by atoms with Gasteiger partial charge in [-0.25, -0.2) is 0 Å². The van der Waals surface area contributed by atoms with Crippen LogP contribution < -0.4 is 5.32 Å². The third-order valence-corrected chi connectivity index (χ3v) is 4.37. The van der Waals surface area contributed by atoms with Crippen LogP contribution in [-0.2, 0) is 4.79 Å². The van der Waals surface area contributed by atoms with Crippen molar-refractivity contribution in [2.24, 2.45) is 0 Å². The number of carbonyl (C=O) groups excluding carboxylic acids is 1. The van der Waals surface area contributed by atoms with Gasteiger partial charge < -0.3 is 15.1 Å². The van der Waals surface area contributed by atoms with Crippen molar-refractivity contribution in [2.45, 2.75) is 51.1 Å². The van der Waals surface area contributed by atoms with E-state index < -0.39 is 0 Å². The first-order valence-corrected chi connectivity index (χ1v) is 7.38. The second-order valence-corrected chi connectivity index (χ2v) is 5.87. The van der Waals surface area contributed by atoms with Crippen molar-refractivity contribution in [1.82, 2.24) is 15.1 Å². The van der Waals surface area contributed by atoms with Gasteiger partial charge in [-0.05, 0) is 39.7 Å². The Balaban J connectivity index is 1.61. The lowest BCUT2D eigenvalue weighted by Gasteiger charge is -2.27. The molecule has 2 aliphatic rings. The lowest BCUT2D eigenvalue weighted by Crippen LogP contribution is -2.39. The molecule has 18 heavy (non-hydrogen) atoms. The minimum Gasteiger partial charge on any atom is -0.343 e. The summed E-state index contributed by atoms with van der Waals surface area (Å²) in [4.78, 5) is 16.4. The summed E-state index contributed by atoms with van der Waals surface area (Å²) in [7, 11) is 2.17. The number of nitrogens with one attached hydrogen (secondary N) is 1. The molecule has 4 nitrogen and oxygen atoms in total. The average Bonchev–Trinajstić information content (AvgIpc) is 2.69. The van der Waals surface area contributed by atoms with Crippen molar-refractivity contribution in [3.05, 3.63) is 0 Å². The van der Waals surface area contributed by atoms with Crippen LogP contribution in [0.25, 0.3) is 0 Å². The molecule has 0 aromatic carbocycles. The number of likely N-dealkylation sites (tertiary alicyclic amines) is 2. The molecule has 0 saturated carbocycles. The van der Waals surface area contributed by atoms with Gasteiger partial charge in [0.25, 0.3) is 0 Å². The zero-order chi connectivity index (χ0) is 13.0. The topological polar surface area (TPSA) is 35.6 Å². The number of carbonyl (C=O) groups is 1. The first-order chi connectivity index (χ1) is 8.66. The lowest BCUT2D eigenvalue weighted by atomic mass is 10.1. The van der Waals surface area contributed by atoms with Crippen molar-refractivity contribution in [1.29, 1.82) is 0 Å². The SMILES string of the molecule is CC1CC(NCCC(=O)N2CCCCC2)CN1C. The van der Waals surface area contributed by atoms with Gasteiger partial charge in [-0.1, -0.05) is 0 Å². The van der Waals surface area contributed by atoms with Crippen molar-refractivity contribution >= 4 is 5.91 Å². The van der Waals surface area contributed by atoms with Crippen LogP contribution in [0.4, 0.5) is 0 Å². The molecule has 2 rings (SSSR count). The Labute approximate surface area is 111 Å². The highest BCUT2D eigenvalue weighted by Gasteiger charge is 2.25. The van der Waals surface area contributed by atoms with Crippen LogP contribution in [-0.4, -0.2) is 61.0 Å². The number of piperidine rings is 1. The standard InChI is InChI=1S/C14H27N3O/c1-12-10-13(11-16(12)2)15-7-6-14(18)17-8-4-3-5-9-17/h12-13,15H,3-11H2,1-2H3. The lowest BCUT2D eigenvalue weighted by molar-refractivity contribution is -0.131. The molecule has 104 valence electrons. The Morgan fingerprint density at radius 2 is 2.00 bits per heavy atom. The summed E-state index contributed by atoms with van der Waals surface area (Å²) < 4.78 is 0. The average molecular weight is 253 g/mol. The highest BCUT2D eigenvalue weighted by molar-refractivity contribution is 5.76. The molecule has 0 spiro atoms. The van der Waals surface area contributed by atoms with Gasteiger partial charge >= 0.3 is 0 Å². The Morgan fingerprint density at radius 3 is 2.61 bits per heavy atom. The van der Waals surface area contributed by atoms with E-state index in [1.165, 1.54) is 25.7 Å². The molecule has 0 aliphatic carbocycles. The molecule has 2 heterocycles. The van der Waals surface area contributed by atoms with Crippen LogP contribution >= 0.6 is 0 Å². The van der Waals surface area contributed by atoms with Gasteiger partial charge in [-0.2, -0.15) is 0 Å². The fourth-order valence-electron chi connectivity index (χ4n) is 3.03. The van der Waals surface area contributed by atoms with E-state index in [2.05, 4.69) is 24.2 Å². The maximum atomic E-state index is 12.0. The van der Waals surface area contributed by atoms with Crippen LogP contribution in [0.2, 0.25) is 0 Å². The number of likely N-dealkylation sites (N-methyl/N-ethyl adjacent to an activating group) is 1. The Bertz CT molecular complexity index is 266. The summed E-state index contributed by atoms with van der Waals surface area (Å²) in [6, 6.07) is 1.24. The Morgan fingerprint density at radius 1 is 1.28 bits per heavy atom. The fourth-order valence-corrected chi connectivity index (χ4v) is 3.03. The second-order valence-electron chi connectivity index (χ2n) is 5.87. The second kappa shape index (κ2) is 6.53. The van der Waals surface area contributed by atoms with E-state index in [0.717, 1.165) is 26.2 Å². The van der Waals surface area contributed by atoms with Crippen LogP contribution in [0.15, 0.2) is 0 Å². The van der Waals surface area contributed by atoms with Crippen LogP contribution in [0.5, 0.6) is 0 Å². The van der Waals surface area contributed by atoms with Gasteiger partial charge in [0.1, 0.15) is 0 Å². The van der Waals surface area contributed by atoms with E-state index in [-0.39, 0.29) is 0 Å². The molecule has 2 saturated heterocycles. The third kappa shape index (κ3) is 3.69.